The van der Waals surface area contributed by atoms with Gasteiger partial charge in [-0.2, -0.15) is 0 Å². The maximum Gasteiger partial charge on any atom is 1.00 e. The minimum Gasteiger partial charge on any atom is -0.625 e. The molecule has 37 heavy (non-hydrogen) atoms. The number of aliphatic imine (C=N–C) groups is 1. The summed E-state index contributed by atoms with van der Waals surface area (Å²) in [6.07, 6.45) is 8.71. The van der Waals surface area contributed by atoms with Gasteiger partial charge in [0.1, 0.15) is 0 Å². The predicted octanol–water partition coefficient (Wildman–Crippen LogP) is 1.67. The van der Waals surface area contributed by atoms with Crippen molar-refractivity contribution in [2.75, 3.05) is 46.4 Å². The molecule has 0 aromatic heterocycles. The van der Waals surface area contributed by atoms with Crippen molar-refractivity contribution >= 4 is 74.6 Å². The van der Waals surface area contributed by atoms with Gasteiger partial charge in [-0.3, -0.25) is 19.4 Å². The van der Waals surface area contributed by atoms with Crippen LogP contribution in [0.3, 0.4) is 0 Å². The van der Waals surface area contributed by atoms with Gasteiger partial charge in [0.2, 0.25) is 0 Å². The van der Waals surface area contributed by atoms with Crippen LogP contribution in [0.15, 0.2) is 4.99 Å². The fraction of sp³-hybridized carbons (Fsp3) is 0.818. The maximum atomic E-state index is 10.4. The molecule has 0 bridgehead atoms. The number of nitrogens with zero attached hydrogens (tertiary/aromatic N) is 1. The van der Waals surface area contributed by atoms with Crippen molar-refractivity contribution in [1.29, 1.82) is 0 Å². The molecule has 1 fully saturated rings. The summed E-state index contributed by atoms with van der Waals surface area (Å²) >= 11 is 0. The van der Waals surface area contributed by atoms with Gasteiger partial charge in [-0.1, -0.05) is 43.2 Å². The SMILES string of the molecule is C1CCOC1.CC(=O)O[BH-](OC(C)=O)OC(C)=O.CN=CC(C)(C)SSC.CNCC(C)(C)SSC.[Na+]. The quantitative estimate of drug-likeness (QED) is 0.220. The molecule has 0 amide bonds. The van der Waals surface area contributed by atoms with E-state index in [1.807, 2.05) is 52.7 Å². The molecule has 1 rings (SSSR count). The average Bonchev–Trinajstić information content (AvgIpc) is 3.27. The van der Waals surface area contributed by atoms with E-state index < -0.39 is 25.2 Å². The molecule has 1 heterocycles. The number of hydrogen-bond acceptors (Lipinski definition) is 13. The molecule has 214 valence electrons. The van der Waals surface area contributed by atoms with Gasteiger partial charge in [0, 0.05) is 58.5 Å². The van der Waals surface area contributed by atoms with E-state index in [2.05, 4.69) is 64.5 Å². The van der Waals surface area contributed by atoms with Crippen molar-refractivity contribution in [1.82, 2.24) is 5.32 Å². The van der Waals surface area contributed by atoms with Crippen LogP contribution in [0, 0.1) is 0 Å². The Morgan fingerprint density at radius 2 is 1.32 bits per heavy atom. The third kappa shape index (κ3) is 38.7. The normalized spacial score (nSPS) is 12.5. The average molecular weight is 613 g/mol. The second-order valence-corrected chi connectivity index (χ2v) is 14.5. The van der Waals surface area contributed by atoms with Gasteiger partial charge in [-0.05, 0) is 60.1 Å². The first-order chi connectivity index (χ1) is 16.7. The van der Waals surface area contributed by atoms with E-state index in [9.17, 15) is 14.4 Å². The Hall–Kier alpha value is 0.465. The first-order valence-electron chi connectivity index (χ1n) is 11.4. The molecule has 9 nitrogen and oxygen atoms in total. The minimum atomic E-state index is -2.41. The van der Waals surface area contributed by atoms with E-state index in [0.717, 1.165) is 40.5 Å². The van der Waals surface area contributed by atoms with Crippen molar-refractivity contribution in [2.24, 2.45) is 4.99 Å². The van der Waals surface area contributed by atoms with Crippen LogP contribution >= 0.6 is 43.2 Å². The molecule has 15 heteroatoms. The van der Waals surface area contributed by atoms with Gasteiger partial charge >= 0.3 is 36.9 Å². The van der Waals surface area contributed by atoms with E-state index in [-0.39, 0.29) is 34.3 Å². The molecule has 1 aliphatic heterocycles. The summed E-state index contributed by atoms with van der Waals surface area (Å²) in [4.78, 5) is 35.3. The summed E-state index contributed by atoms with van der Waals surface area (Å²) in [5, 5.41) is 3.16. The Morgan fingerprint density at radius 1 is 0.919 bits per heavy atom. The van der Waals surface area contributed by atoms with Crippen LogP contribution in [0.2, 0.25) is 0 Å². The van der Waals surface area contributed by atoms with Gasteiger partial charge in [0.25, 0.3) is 17.9 Å². The molecule has 1 N–H and O–H groups in total. The van der Waals surface area contributed by atoms with E-state index in [0.29, 0.717) is 4.75 Å². The smallest absolute Gasteiger partial charge is 0.625 e. The van der Waals surface area contributed by atoms with Crippen LogP contribution in [-0.2, 0) is 33.1 Å². The van der Waals surface area contributed by atoms with Crippen LogP contribution in [0.1, 0.15) is 61.3 Å². The van der Waals surface area contributed by atoms with Crippen molar-refractivity contribution in [3.05, 3.63) is 0 Å². The first-order valence-corrected chi connectivity index (χ1v) is 16.5. The van der Waals surface area contributed by atoms with Crippen molar-refractivity contribution in [2.45, 2.75) is 70.8 Å². The standard InChI is InChI=1S/C6H10BO6.C6H15NS2.C6H13NS2.C4H8O.Na/c1-4(8)11-7(12-5(2)9)13-6(3)10;2*1-6(2,5-7-3)9-8-4;1-2-4-5-3-1;/h7H,1-3H3;7H,5H2,1-4H3;5H,1-4H3;1-4H2;/q-1;;;;+1. The van der Waals surface area contributed by atoms with Gasteiger partial charge in [-0.15, -0.1) is 0 Å². The van der Waals surface area contributed by atoms with Crippen LogP contribution in [0.25, 0.3) is 0 Å². The summed E-state index contributed by atoms with van der Waals surface area (Å²) < 4.78 is 18.8. The molecule has 0 aromatic rings. The number of carbonyl (C=O) groups is 3. The van der Waals surface area contributed by atoms with Crippen molar-refractivity contribution < 1.29 is 62.6 Å². The Bertz CT molecular complexity index is 576. The molecule has 0 aliphatic carbocycles. The summed E-state index contributed by atoms with van der Waals surface area (Å²) in [6, 6.07) is 0. The fourth-order valence-corrected chi connectivity index (χ4v) is 6.51. The van der Waals surface area contributed by atoms with Gasteiger partial charge in [0.15, 0.2) is 0 Å². The molecule has 1 aliphatic rings. The third-order valence-electron chi connectivity index (χ3n) is 3.44. The maximum absolute atomic E-state index is 10.4. The molecular formula is C22H46BN2NaO7S4. The number of rotatable bonds is 10. The Labute approximate surface area is 262 Å². The summed E-state index contributed by atoms with van der Waals surface area (Å²) in [5.41, 5.74) is 0. The number of hydrogen-bond donors (Lipinski definition) is 1. The number of carbonyl (C=O) groups excluding carboxylic acids is 3. The zero-order chi connectivity index (χ0) is 28.6. The van der Waals surface area contributed by atoms with E-state index >= 15 is 0 Å². The van der Waals surface area contributed by atoms with Gasteiger partial charge in [-0.25, -0.2) is 0 Å². The van der Waals surface area contributed by atoms with Crippen molar-refractivity contribution in [3.8, 4) is 0 Å². The summed E-state index contributed by atoms with van der Waals surface area (Å²) in [6.45, 7) is 15.2. The van der Waals surface area contributed by atoms with Crippen LogP contribution in [-0.4, -0.2) is 87.3 Å². The molecule has 1 saturated heterocycles. The second-order valence-electron chi connectivity index (χ2n) is 8.36. The first kappa shape index (κ1) is 44.5. The van der Waals surface area contributed by atoms with E-state index in [1.165, 1.54) is 12.8 Å². The number of nitrogens with one attached hydrogen (secondary N) is 1. The number of ether oxygens (including phenoxy) is 1. The zero-order valence-electron chi connectivity index (χ0n) is 24.8. The van der Waals surface area contributed by atoms with E-state index in [1.54, 1.807) is 10.8 Å². The summed E-state index contributed by atoms with van der Waals surface area (Å²) in [7, 11) is 8.72. The van der Waals surface area contributed by atoms with Crippen LogP contribution in [0.5, 0.6) is 0 Å². The minimum absolute atomic E-state index is 0. The Kier molecular flexibility index (Phi) is 33.7. The van der Waals surface area contributed by atoms with Crippen molar-refractivity contribution in [3.63, 3.8) is 0 Å². The Morgan fingerprint density at radius 3 is 1.57 bits per heavy atom. The molecule has 0 spiro atoms. The second kappa shape index (κ2) is 28.0. The molecular weight excluding hydrogens is 566 g/mol. The monoisotopic (exact) mass is 612 g/mol. The third-order valence-corrected chi connectivity index (χ3v) is 8.55. The fourth-order valence-electron chi connectivity index (χ4n) is 2.32. The molecule has 0 aromatic carbocycles. The molecule has 0 unspecified atom stereocenters. The molecule has 0 atom stereocenters. The van der Waals surface area contributed by atoms with Crippen LogP contribution in [0.4, 0.5) is 0 Å². The Balaban J connectivity index is -0.000000203. The largest absolute Gasteiger partial charge is 1.00 e. The zero-order valence-corrected chi connectivity index (χ0v) is 30.0. The molecule has 0 radical (unpaired) electrons. The van der Waals surface area contributed by atoms with Gasteiger partial charge in [0.05, 0.1) is 4.75 Å². The van der Waals surface area contributed by atoms with Crippen LogP contribution < -0.4 is 34.9 Å². The summed E-state index contributed by atoms with van der Waals surface area (Å²) in [5.74, 6) is -2.03. The van der Waals surface area contributed by atoms with E-state index in [4.69, 9.17) is 4.74 Å². The topological polar surface area (TPSA) is 113 Å². The predicted molar refractivity (Wildman–Crippen MR) is 161 cm³/mol. The molecule has 0 saturated carbocycles. The van der Waals surface area contributed by atoms with Gasteiger partial charge < -0.3 is 24.0 Å².